The first-order valence-corrected chi connectivity index (χ1v) is 8.77. The molecule has 1 aliphatic carbocycles. The molecule has 0 amide bonds. The van der Waals surface area contributed by atoms with Crippen molar-refractivity contribution < 1.29 is 4.39 Å². The van der Waals surface area contributed by atoms with Gasteiger partial charge in [0.2, 0.25) is 0 Å². The molecule has 5 rings (SSSR count). The highest BCUT2D eigenvalue weighted by atomic mass is 19.1. The zero-order valence-electron chi connectivity index (χ0n) is 14.0. The summed E-state index contributed by atoms with van der Waals surface area (Å²) in [4.78, 5) is 5.73. The average Bonchev–Trinajstić information content (AvgIpc) is 2.98. The largest absolute Gasteiger partial charge is 0.359 e. The lowest BCUT2D eigenvalue weighted by atomic mass is 9.65. The highest BCUT2D eigenvalue weighted by molar-refractivity contribution is 5.83. The predicted octanol–water partition coefficient (Wildman–Crippen LogP) is 4.53. The van der Waals surface area contributed by atoms with Gasteiger partial charge in [-0.2, -0.15) is 0 Å². The van der Waals surface area contributed by atoms with Crippen LogP contribution in [-0.2, 0) is 6.42 Å². The number of aromatic nitrogens is 1. The van der Waals surface area contributed by atoms with Crippen molar-refractivity contribution in [2.75, 3.05) is 13.1 Å². The number of nitrogens with zero attached hydrogens (tertiary/aromatic N) is 1. The standard InChI is InChI=1S/C20H25FN2/c1-3-20(2)11-14-7-8-18(20)23(13-14)10-9-15-12-22-19-16(15)5-4-6-17(19)21/h4-8,12,14,18,22H,3,9-11,13H2,1-2H3. The minimum atomic E-state index is -0.160. The summed E-state index contributed by atoms with van der Waals surface area (Å²) < 4.78 is 13.8. The first-order valence-electron chi connectivity index (χ1n) is 8.77. The lowest BCUT2D eigenvalue weighted by Gasteiger charge is -2.52. The van der Waals surface area contributed by atoms with Gasteiger partial charge in [-0.25, -0.2) is 4.39 Å². The second-order valence-corrected chi connectivity index (χ2v) is 7.52. The first kappa shape index (κ1) is 14.9. The number of benzene rings is 1. The number of para-hydroxylation sites is 1. The van der Waals surface area contributed by atoms with Gasteiger partial charge in [-0.15, -0.1) is 0 Å². The van der Waals surface area contributed by atoms with E-state index in [2.05, 4.69) is 35.9 Å². The van der Waals surface area contributed by atoms with Crippen LogP contribution in [0, 0.1) is 17.2 Å². The van der Waals surface area contributed by atoms with E-state index in [9.17, 15) is 4.39 Å². The van der Waals surface area contributed by atoms with Crippen molar-refractivity contribution >= 4 is 10.9 Å². The molecule has 0 saturated carbocycles. The summed E-state index contributed by atoms with van der Waals surface area (Å²) in [5, 5.41) is 1.03. The smallest absolute Gasteiger partial charge is 0.147 e. The Morgan fingerprint density at radius 3 is 3.00 bits per heavy atom. The molecule has 23 heavy (non-hydrogen) atoms. The van der Waals surface area contributed by atoms with Crippen LogP contribution in [0.15, 0.2) is 36.5 Å². The highest BCUT2D eigenvalue weighted by Gasteiger charge is 2.44. The number of hydrogen-bond acceptors (Lipinski definition) is 1. The number of hydrogen-bond donors (Lipinski definition) is 1. The Morgan fingerprint density at radius 2 is 2.22 bits per heavy atom. The molecule has 2 aromatic rings. The molecule has 0 radical (unpaired) electrons. The second kappa shape index (κ2) is 5.48. The normalized spacial score (nSPS) is 30.4. The van der Waals surface area contributed by atoms with E-state index in [1.807, 2.05) is 12.3 Å². The van der Waals surface area contributed by atoms with E-state index in [4.69, 9.17) is 0 Å². The summed E-state index contributed by atoms with van der Waals surface area (Å²) in [6, 6.07) is 5.89. The topological polar surface area (TPSA) is 19.0 Å². The van der Waals surface area contributed by atoms with Gasteiger partial charge < -0.3 is 4.98 Å². The summed E-state index contributed by atoms with van der Waals surface area (Å²) in [5.74, 6) is 0.539. The van der Waals surface area contributed by atoms with Gasteiger partial charge in [0.1, 0.15) is 5.82 Å². The molecule has 3 heteroatoms. The summed E-state index contributed by atoms with van der Waals surface area (Å²) in [7, 11) is 0. The number of rotatable bonds is 4. The van der Waals surface area contributed by atoms with Crippen molar-refractivity contribution in [1.82, 2.24) is 9.88 Å². The van der Waals surface area contributed by atoms with E-state index in [1.54, 1.807) is 6.07 Å². The molecule has 1 saturated heterocycles. The fourth-order valence-corrected chi connectivity index (χ4v) is 4.62. The van der Waals surface area contributed by atoms with Crippen LogP contribution in [-0.4, -0.2) is 29.0 Å². The van der Waals surface area contributed by atoms with Crippen molar-refractivity contribution in [3.63, 3.8) is 0 Å². The Kier molecular flexibility index (Phi) is 3.56. The van der Waals surface area contributed by atoms with Crippen molar-refractivity contribution in [3.05, 3.63) is 47.9 Å². The fourth-order valence-electron chi connectivity index (χ4n) is 4.62. The van der Waals surface area contributed by atoms with E-state index in [1.165, 1.54) is 31.0 Å². The number of halogens is 1. The predicted molar refractivity (Wildman–Crippen MR) is 93.0 cm³/mol. The quantitative estimate of drug-likeness (QED) is 0.822. The van der Waals surface area contributed by atoms with Crippen LogP contribution in [0.1, 0.15) is 32.3 Å². The van der Waals surface area contributed by atoms with Crippen LogP contribution in [0.2, 0.25) is 0 Å². The lowest BCUT2D eigenvalue weighted by molar-refractivity contribution is 0.0167. The van der Waals surface area contributed by atoms with Crippen LogP contribution in [0.25, 0.3) is 10.9 Å². The Balaban J connectivity index is 1.53. The van der Waals surface area contributed by atoms with Gasteiger partial charge in [-0.05, 0) is 42.2 Å². The summed E-state index contributed by atoms with van der Waals surface area (Å²) in [6.45, 7) is 6.97. The third-order valence-electron chi connectivity index (χ3n) is 6.10. The van der Waals surface area contributed by atoms with E-state index in [0.29, 0.717) is 22.9 Å². The third kappa shape index (κ3) is 2.42. The molecule has 122 valence electrons. The maximum absolute atomic E-state index is 13.8. The van der Waals surface area contributed by atoms with E-state index in [0.717, 1.165) is 18.4 Å². The van der Waals surface area contributed by atoms with E-state index >= 15 is 0 Å². The summed E-state index contributed by atoms with van der Waals surface area (Å²) in [6.07, 6.45) is 10.3. The van der Waals surface area contributed by atoms with Crippen molar-refractivity contribution in [2.45, 2.75) is 39.2 Å². The van der Waals surface area contributed by atoms with Crippen LogP contribution < -0.4 is 0 Å². The molecular weight excluding hydrogens is 287 g/mol. The molecule has 1 fully saturated rings. The van der Waals surface area contributed by atoms with E-state index in [-0.39, 0.29) is 5.82 Å². The summed E-state index contributed by atoms with van der Waals surface area (Å²) in [5.41, 5.74) is 2.27. The number of aromatic amines is 1. The van der Waals surface area contributed by atoms with Crippen LogP contribution in [0.4, 0.5) is 4.39 Å². The Bertz CT molecular complexity index is 747. The summed E-state index contributed by atoms with van der Waals surface area (Å²) >= 11 is 0. The molecule has 3 heterocycles. The number of piperidine rings is 1. The maximum Gasteiger partial charge on any atom is 0.147 e. The second-order valence-electron chi connectivity index (χ2n) is 7.52. The average molecular weight is 312 g/mol. The van der Waals surface area contributed by atoms with Gasteiger partial charge in [0, 0.05) is 30.7 Å². The molecule has 2 nitrogen and oxygen atoms in total. The van der Waals surface area contributed by atoms with Crippen LogP contribution in [0.5, 0.6) is 0 Å². The Labute approximate surface area is 137 Å². The SMILES string of the molecule is CCC1(C)CC2C=CC1N(CCc1c[nH]c3c(F)cccc13)C2. The molecule has 1 aromatic heterocycles. The highest BCUT2D eigenvalue weighted by Crippen LogP contribution is 2.45. The monoisotopic (exact) mass is 312 g/mol. The molecule has 3 unspecified atom stereocenters. The lowest BCUT2D eigenvalue weighted by Crippen LogP contribution is -2.55. The van der Waals surface area contributed by atoms with Crippen LogP contribution in [0.3, 0.4) is 0 Å². The van der Waals surface area contributed by atoms with Gasteiger partial charge in [0.15, 0.2) is 0 Å². The van der Waals surface area contributed by atoms with Gasteiger partial charge in [-0.1, -0.05) is 38.1 Å². The molecule has 2 aliphatic heterocycles. The van der Waals surface area contributed by atoms with Gasteiger partial charge in [0.05, 0.1) is 5.52 Å². The minimum absolute atomic E-state index is 0.160. The number of fused-ring (bicyclic) bond motifs is 3. The zero-order chi connectivity index (χ0) is 16.0. The van der Waals surface area contributed by atoms with Gasteiger partial charge in [0.25, 0.3) is 0 Å². The van der Waals surface area contributed by atoms with Crippen LogP contribution >= 0.6 is 0 Å². The molecule has 2 bridgehead atoms. The van der Waals surface area contributed by atoms with Gasteiger partial charge >= 0.3 is 0 Å². The third-order valence-corrected chi connectivity index (χ3v) is 6.10. The number of H-pyrrole nitrogens is 1. The molecule has 1 aromatic carbocycles. The van der Waals surface area contributed by atoms with E-state index < -0.39 is 0 Å². The number of nitrogens with one attached hydrogen (secondary N) is 1. The zero-order valence-corrected chi connectivity index (χ0v) is 14.0. The molecule has 3 atom stereocenters. The van der Waals surface area contributed by atoms with Gasteiger partial charge in [-0.3, -0.25) is 4.90 Å². The Morgan fingerprint density at radius 1 is 1.35 bits per heavy atom. The minimum Gasteiger partial charge on any atom is -0.359 e. The molecule has 0 spiro atoms. The van der Waals surface area contributed by atoms with Crippen molar-refractivity contribution in [1.29, 1.82) is 0 Å². The van der Waals surface area contributed by atoms with Crippen molar-refractivity contribution in [3.8, 4) is 0 Å². The van der Waals surface area contributed by atoms with Crippen molar-refractivity contribution in [2.24, 2.45) is 11.3 Å². The molecule has 3 aliphatic rings. The molecule has 1 N–H and O–H groups in total. The first-order chi connectivity index (χ1) is 11.1. The molecular formula is C20H25FN2. The Hall–Kier alpha value is -1.61. The maximum atomic E-state index is 13.8. The fraction of sp³-hybridized carbons (Fsp3) is 0.500.